The number of nitrogens with zero attached hydrogens (tertiary/aromatic N) is 1. The van der Waals surface area contributed by atoms with E-state index in [0.717, 1.165) is 0 Å². The second kappa shape index (κ2) is 4.84. The maximum atomic E-state index is 13.3. The van der Waals surface area contributed by atoms with E-state index in [1.807, 2.05) is 0 Å². The van der Waals surface area contributed by atoms with Gasteiger partial charge < -0.3 is 0 Å². The number of rotatable bonds is 3. The third kappa shape index (κ3) is 2.43. The standard InChI is InChI=1S/C10H11ClF3N/c1-5-4-15-7(3-11)6(2)8(5)9(12)10(13)14/h4,9-10H,3H2,1-2H3. The lowest BCUT2D eigenvalue weighted by atomic mass is 9.99. The van der Waals surface area contributed by atoms with Gasteiger partial charge in [0.05, 0.1) is 11.6 Å². The molecular weight excluding hydrogens is 227 g/mol. The van der Waals surface area contributed by atoms with E-state index < -0.39 is 12.6 Å². The summed E-state index contributed by atoms with van der Waals surface area (Å²) in [6, 6.07) is 0. The van der Waals surface area contributed by atoms with Crippen LogP contribution in [0.3, 0.4) is 0 Å². The lowest BCUT2D eigenvalue weighted by Gasteiger charge is -2.15. The lowest BCUT2D eigenvalue weighted by Crippen LogP contribution is -2.09. The zero-order chi connectivity index (χ0) is 11.6. The predicted molar refractivity (Wildman–Crippen MR) is 53.1 cm³/mol. The van der Waals surface area contributed by atoms with Crippen LogP contribution in [-0.4, -0.2) is 11.4 Å². The molecule has 0 amide bonds. The van der Waals surface area contributed by atoms with Crippen LogP contribution in [0.25, 0.3) is 0 Å². The minimum Gasteiger partial charge on any atom is -0.259 e. The number of aryl methyl sites for hydroxylation is 1. The molecule has 0 aliphatic heterocycles. The molecule has 0 aliphatic carbocycles. The normalized spacial score (nSPS) is 13.3. The van der Waals surface area contributed by atoms with Crippen molar-refractivity contribution in [2.75, 3.05) is 0 Å². The van der Waals surface area contributed by atoms with Crippen molar-refractivity contribution in [2.24, 2.45) is 0 Å². The molecule has 5 heteroatoms. The summed E-state index contributed by atoms with van der Waals surface area (Å²) in [6.07, 6.45) is -3.92. The second-order valence-electron chi connectivity index (χ2n) is 3.30. The van der Waals surface area contributed by atoms with Gasteiger partial charge in [0, 0.05) is 11.8 Å². The first-order valence-electron chi connectivity index (χ1n) is 4.42. The fourth-order valence-electron chi connectivity index (χ4n) is 1.48. The molecule has 0 aromatic carbocycles. The maximum absolute atomic E-state index is 13.3. The zero-order valence-corrected chi connectivity index (χ0v) is 9.15. The van der Waals surface area contributed by atoms with Gasteiger partial charge in [-0.3, -0.25) is 4.98 Å². The molecule has 0 fully saturated rings. The van der Waals surface area contributed by atoms with Crippen LogP contribution in [0.1, 0.15) is 28.6 Å². The van der Waals surface area contributed by atoms with Gasteiger partial charge in [-0.2, -0.15) is 0 Å². The van der Waals surface area contributed by atoms with Crippen LogP contribution < -0.4 is 0 Å². The van der Waals surface area contributed by atoms with Crippen molar-refractivity contribution in [3.63, 3.8) is 0 Å². The van der Waals surface area contributed by atoms with E-state index in [4.69, 9.17) is 11.6 Å². The number of hydrogen-bond acceptors (Lipinski definition) is 1. The predicted octanol–water partition coefficient (Wildman–Crippen LogP) is 3.71. The van der Waals surface area contributed by atoms with Gasteiger partial charge in [0.2, 0.25) is 0 Å². The number of pyridine rings is 1. The lowest BCUT2D eigenvalue weighted by molar-refractivity contribution is 0.0488. The van der Waals surface area contributed by atoms with Crippen LogP contribution in [0, 0.1) is 13.8 Å². The molecule has 1 aromatic rings. The minimum atomic E-state index is -3.02. The van der Waals surface area contributed by atoms with E-state index >= 15 is 0 Å². The van der Waals surface area contributed by atoms with Crippen LogP contribution in [0.2, 0.25) is 0 Å². The molecule has 1 heterocycles. The molecule has 15 heavy (non-hydrogen) atoms. The maximum Gasteiger partial charge on any atom is 0.273 e. The monoisotopic (exact) mass is 237 g/mol. The smallest absolute Gasteiger partial charge is 0.259 e. The molecule has 1 nitrogen and oxygen atoms in total. The largest absolute Gasteiger partial charge is 0.273 e. The Hall–Kier alpha value is -0.770. The fraction of sp³-hybridized carbons (Fsp3) is 0.500. The Labute approximate surface area is 91.3 Å². The number of aromatic nitrogens is 1. The first-order chi connectivity index (χ1) is 6.99. The summed E-state index contributed by atoms with van der Waals surface area (Å²) in [6.45, 7) is 3.12. The Kier molecular flexibility index (Phi) is 3.97. The van der Waals surface area contributed by atoms with Crippen molar-refractivity contribution in [1.82, 2.24) is 4.98 Å². The van der Waals surface area contributed by atoms with Crippen molar-refractivity contribution in [1.29, 1.82) is 0 Å². The third-order valence-corrected chi connectivity index (χ3v) is 2.55. The highest BCUT2D eigenvalue weighted by atomic mass is 35.5. The summed E-state index contributed by atoms with van der Waals surface area (Å²) in [7, 11) is 0. The fourth-order valence-corrected chi connectivity index (χ4v) is 1.75. The van der Waals surface area contributed by atoms with Crippen LogP contribution in [0.4, 0.5) is 13.2 Å². The highest BCUT2D eigenvalue weighted by Crippen LogP contribution is 2.31. The van der Waals surface area contributed by atoms with Gasteiger partial charge in [0.1, 0.15) is 0 Å². The summed E-state index contributed by atoms with van der Waals surface area (Å²) >= 11 is 5.57. The van der Waals surface area contributed by atoms with E-state index in [1.165, 1.54) is 6.20 Å². The summed E-state index contributed by atoms with van der Waals surface area (Å²) < 4.78 is 37.8. The average Bonchev–Trinajstić information content (AvgIpc) is 2.17. The van der Waals surface area contributed by atoms with Gasteiger partial charge >= 0.3 is 0 Å². The Morgan fingerprint density at radius 2 is 1.93 bits per heavy atom. The summed E-state index contributed by atoms with van der Waals surface area (Å²) in [5, 5.41) is 0. The molecule has 0 saturated heterocycles. The van der Waals surface area contributed by atoms with Gasteiger partial charge in [-0.15, -0.1) is 11.6 Å². The first-order valence-corrected chi connectivity index (χ1v) is 4.95. The Bertz CT molecular complexity index is 355. The minimum absolute atomic E-state index is 0.00986. The molecule has 0 saturated carbocycles. The van der Waals surface area contributed by atoms with Crippen LogP contribution in [-0.2, 0) is 5.88 Å². The van der Waals surface area contributed by atoms with Crippen LogP contribution >= 0.6 is 11.6 Å². The van der Waals surface area contributed by atoms with Crippen molar-refractivity contribution in [2.45, 2.75) is 32.3 Å². The quantitative estimate of drug-likeness (QED) is 0.731. The molecular formula is C10H11ClF3N. The molecule has 1 unspecified atom stereocenters. The zero-order valence-electron chi connectivity index (χ0n) is 8.40. The molecule has 1 atom stereocenters. The summed E-state index contributed by atoms with van der Waals surface area (Å²) in [4.78, 5) is 3.96. The molecule has 1 rings (SSSR count). The van der Waals surface area contributed by atoms with Crippen LogP contribution in [0.15, 0.2) is 6.20 Å². The van der Waals surface area contributed by atoms with Crippen molar-refractivity contribution in [3.8, 4) is 0 Å². The highest BCUT2D eigenvalue weighted by molar-refractivity contribution is 6.17. The average molecular weight is 238 g/mol. The van der Waals surface area contributed by atoms with Gasteiger partial charge in [-0.25, -0.2) is 13.2 Å². The van der Waals surface area contributed by atoms with Crippen molar-refractivity contribution < 1.29 is 13.2 Å². The van der Waals surface area contributed by atoms with Crippen molar-refractivity contribution >= 4 is 11.6 Å². The summed E-state index contributed by atoms with van der Waals surface area (Å²) in [5.41, 5.74) is 1.29. The van der Waals surface area contributed by atoms with Gasteiger partial charge in [0.15, 0.2) is 6.17 Å². The van der Waals surface area contributed by atoms with Crippen molar-refractivity contribution in [3.05, 3.63) is 28.6 Å². The summed E-state index contributed by atoms with van der Waals surface area (Å²) in [5.74, 6) is 0.0923. The SMILES string of the molecule is Cc1cnc(CCl)c(C)c1C(F)C(F)F. The van der Waals surface area contributed by atoms with E-state index in [9.17, 15) is 13.2 Å². The van der Waals surface area contributed by atoms with E-state index in [0.29, 0.717) is 16.8 Å². The second-order valence-corrected chi connectivity index (χ2v) is 3.56. The Morgan fingerprint density at radius 3 is 2.40 bits per heavy atom. The van der Waals surface area contributed by atoms with E-state index in [-0.39, 0.29) is 11.4 Å². The molecule has 0 N–H and O–H groups in total. The molecule has 1 aromatic heterocycles. The van der Waals surface area contributed by atoms with E-state index in [1.54, 1.807) is 13.8 Å². The Morgan fingerprint density at radius 1 is 1.33 bits per heavy atom. The van der Waals surface area contributed by atoms with Gasteiger partial charge in [0.25, 0.3) is 6.43 Å². The molecule has 0 radical (unpaired) electrons. The number of halogens is 4. The van der Waals surface area contributed by atoms with Gasteiger partial charge in [-0.1, -0.05) is 0 Å². The molecule has 0 bridgehead atoms. The number of alkyl halides is 4. The van der Waals surface area contributed by atoms with Gasteiger partial charge in [-0.05, 0) is 25.0 Å². The highest BCUT2D eigenvalue weighted by Gasteiger charge is 2.26. The third-order valence-electron chi connectivity index (χ3n) is 2.30. The Balaban J connectivity index is 3.26. The molecule has 0 spiro atoms. The number of hydrogen-bond donors (Lipinski definition) is 0. The first kappa shape index (κ1) is 12.3. The van der Waals surface area contributed by atoms with Crippen LogP contribution in [0.5, 0.6) is 0 Å². The molecule has 84 valence electrons. The van der Waals surface area contributed by atoms with E-state index in [2.05, 4.69) is 4.98 Å². The molecule has 0 aliphatic rings. The topological polar surface area (TPSA) is 12.9 Å².